The topological polar surface area (TPSA) is 84.5 Å². The third kappa shape index (κ3) is 3.40. The van der Waals surface area contributed by atoms with Crippen LogP contribution < -0.4 is 0 Å². The molecule has 7 nitrogen and oxygen atoms in total. The van der Waals surface area contributed by atoms with E-state index in [1.54, 1.807) is 11.8 Å². The molecule has 1 N–H and O–H groups in total. The van der Waals surface area contributed by atoms with E-state index in [1.165, 1.54) is 0 Å². The normalized spacial score (nSPS) is 17.9. The van der Waals surface area contributed by atoms with E-state index < -0.39 is 11.6 Å². The highest BCUT2D eigenvalue weighted by Crippen LogP contribution is 2.26. The molecule has 1 atom stereocenters. The number of H-pyrrole nitrogens is 1. The van der Waals surface area contributed by atoms with Gasteiger partial charge in [-0.05, 0) is 41.0 Å². The summed E-state index contributed by atoms with van der Waals surface area (Å²) in [5.74, 6) is -0.432. The van der Waals surface area contributed by atoms with E-state index in [0.717, 1.165) is 11.3 Å². The van der Waals surface area contributed by atoms with E-state index in [9.17, 15) is 9.59 Å². The van der Waals surface area contributed by atoms with Crippen LogP contribution >= 0.6 is 0 Å². The molecule has 0 fully saturated rings. The number of hydrogen-bond acceptors (Lipinski definition) is 5. The fourth-order valence-electron chi connectivity index (χ4n) is 2.42. The van der Waals surface area contributed by atoms with Crippen LogP contribution in [-0.2, 0) is 22.4 Å². The summed E-state index contributed by atoms with van der Waals surface area (Å²) in [6, 6.07) is -0.0758. The Hall–Kier alpha value is -2.05. The van der Waals surface area contributed by atoms with Gasteiger partial charge in [0, 0.05) is 11.6 Å². The van der Waals surface area contributed by atoms with E-state index in [1.807, 2.05) is 27.7 Å². The molecule has 0 saturated carbocycles. The first-order valence-corrected chi connectivity index (χ1v) is 7.45. The number of carbonyl (C=O) groups excluding carboxylic acids is 2. The van der Waals surface area contributed by atoms with Crippen LogP contribution in [-0.4, -0.2) is 45.4 Å². The van der Waals surface area contributed by atoms with Gasteiger partial charge in [0.1, 0.15) is 5.60 Å². The van der Waals surface area contributed by atoms with Crippen molar-refractivity contribution in [1.29, 1.82) is 0 Å². The van der Waals surface area contributed by atoms with Crippen LogP contribution in [0.25, 0.3) is 0 Å². The number of nitrogens with zero attached hydrogens (tertiary/aromatic N) is 2. The fourth-order valence-corrected chi connectivity index (χ4v) is 2.42. The Balaban J connectivity index is 2.18. The average Bonchev–Trinajstić information content (AvgIpc) is 2.78. The molecule has 0 spiro atoms. The van der Waals surface area contributed by atoms with Gasteiger partial charge in [-0.15, -0.1) is 0 Å². The predicted molar refractivity (Wildman–Crippen MR) is 79.5 cm³/mol. The van der Waals surface area contributed by atoms with Crippen molar-refractivity contribution in [1.82, 2.24) is 15.1 Å². The van der Waals surface area contributed by atoms with E-state index in [-0.39, 0.29) is 12.1 Å². The molecule has 7 heteroatoms. The fraction of sp³-hybridized carbons (Fsp3) is 0.667. The van der Waals surface area contributed by atoms with Crippen molar-refractivity contribution in [3.63, 3.8) is 0 Å². The monoisotopic (exact) mass is 309 g/mol. The maximum atomic E-state index is 12.3. The predicted octanol–water partition coefficient (Wildman–Crippen LogP) is 2.27. The lowest BCUT2D eigenvalue weighted by Crippen LogP contribution is -2.45. The van der Waals surface area contributed by atoms with Gasteiger partial charge in [-0.25, -0.2) is 9.59 Å². The Morgan fingerprint density at radius 3 is 2.68 bits per heavy atom. The van der Waals surface area contributed by atoms with Gasteiger partial charge in [0.25, 0.3) is 0 Å². The molecule has 0 aliphatic carbocycles. The molecular formula is C15H23N3O4. The number of nitrogens with one attached hydrogen (secondary N) is 1. The lowest BCUT2D eigenvalue weighted by molar-refractivity contribution is 0.0135. The second-order valence-corrected chi connectivity index (χ2v) is 6.41. The van der Waals surface area contributed by atoms with Gasteiger partial charge in [-0.3, -0.25) is 10.00 Å². The number of amides is 1. The summed E-state index contributed by atoms with van der Waals surface area (Å²) in [4.78, 5) is 25.8. The van der Waals surface area contributed by atoms with Crippen molar-refractivity contribution in [2.45, 2.75) is 59.2 Å². The van der Waals surface area contributed by atoms with E-state index in [2.05, 4.69) is 10.2 Å². The molecule has 0 radical (unpaired) electrons. The third-order valence-electron chi connectivity index (χ3n) is 3.41. The maximum absolute atomic E-state index is 12.3. The SMILES string of the molecule is CCOC(=O)c1n[nH]c2c1C[C@@H](C)N(C(=O)OC(C)(C)C)C2. The first-order chi connectivity index (χ1) is 10.2. The highest BCUT2D eigenvalue weighted by Gasteiger charge is 2.34. The number of fused-ring (bicyclic) bond motifs is 1. The maximum Gasteiger partial charge on any atom is 0.410 e. The molecular weight excluding hydrogens is 286 g/mol. The van der Waals surface area contributed by atoms with Gasteiger partial charge in [0.15, 0.2) is 5.69 Å². The zero-order chi connectivity index (χ0) is 16.5. The molecule has 1 aromatic rings. The minimum atomic E-state index is -0.541. The van der Waals surface area contributed by atoms with Crippen molar-refractivity contribution in [2.24, 2.45) is 0 Å². The van der Waals surface area contributed by atoms with E-state index in [4.69, 9.17) is 9.47 Å². The quantitative estimate of drug-likeness (QED) is 0.847. The molecule has 0 unspecified atom stereocenters. The van der Waals surface area contributed by atoms with Crippen LogP contribution in [0.5, 0.6) is 0 Å². The number of ether oxygens (including phenoxy) is 2. The average molecular weight is 309 g/mol. The van der Waals surface area contributed by atoms with Gasteiger partial charge in [0.2, 0.25) is 0 Å². The van der Waals surface area contributed by atoms with Gasteiger partial charge >= 0.3 is 12.1 Å². The van der Waals surface area contributed by atoms with Crippen LogP contribution in [0.4, 0.5) is 4.79 Å². The number of hydrogen-bond donors (Lipinski definition) is 1. The molecule has 2 rings (SSSR count). The van der Waals surface area contributed by atoms with E-state index in [0.29, 0.717) is 25.3 Å². The Kier molecular flexibility index (Phi) is 4.44. The van der Waals surface area contributed by atoms with Crippen molar-refractivity contribution >= 4 is 12.1 Å². The largest absolute Gasteiger partial charge is 0.461 e. The highest BCUT2D eigenvalue weighted by molar-refractivity contribution is 5.89. The molecule has 1 aliphatic heterocycles. The number of rotatable bonds is 2. The van der Waals surface area contributed by atoms with Crippen LogP contribution in [0.15, 0.2) is 0 Å². The Morgan fingerprint density at radius 1 is 1.41 bits per heavy atom. The number of aromatic amines is 1. The first kappa shape index (κ1) is 16.3. The molecule has 0 saturated heterocycles. The van der Waals surface area contributed by atoms with Crippen LogP contribution in [0, 0.1) is 0 Å². The molecule has 0 aromatic carbocycles. The van der Waals surface area contributed by atoms with Crippen LogP contribution in [0.3, 0.4) is 0 Å². The summed E-state index contributed by atoms with van der Waals surface area (Å²) in [7, 11) is 0. The second kappa shape index (κ2) is 5.98. The molecule has 0 bridgehead atoms. The van der Waals surface area contributed by atoms with Crippen molar-refractivity contribution < 1.29 is 19.1 Å². The number of esters is 1. The Bertz CT molecular complexity index is 574. The summed E-state index contributed by atoms with van der Waals surface area (Å²) in [6.07, 6.45) is 0.178. The summed E-state index contributed by atoms with van der Waals surface area (Å²) in [6.45, 7) is 9.83. The van der Waals surface area contributed by atoms with Gasteiger partial charge in [-0.1, -0.05) is 0 Å². The molecule has 1 aliphatic rings. The molecule has 1 amide bonds. The number of carbonyl (C=O) groups is 2. The molecule has 2 heterocycles. The summed E-state index contributed by atoms with van der Waals surface area (Å²) < 4.78 is 10.4. The zero-order valence-electron chi connectivity index (χ0n) is 13.7. The van der Waals surface area contributed by atoms with Crippen molar-refractivity contribution in [3.8, 4) is 0 Å². The standard InChI is InChI=1S/C15H23N3O4/c1-6-21-13(19)12-10-7-9(2)18(8-11(10)16-17-12)14(20)22-15(3,4)5/h9H,6-8H2,1-5H3,(H,16,17)/t9-/m1/s1. The van der Waals surface area contributed by atoms with Crippen molar-refractivity contribution in [3.05, 3.63) is 17.0 Å². The zero-order valence-corrected chi connectivity index (χ0v) is 13.7. The Morgan fingerprint density at radius 2 is 2.09 bits per heavy atom. The lowest BCUT2D eigenvalue weighted by atomic mass is 9.98. The summed E-state index contributed by atoms with van der Waals surface area (Å²) in [5, 5.41) is 6.87. The van der Waals surface area contributed by atoms with Gasteiger partial charge in [-0.2, -0.15) is 5.10 Å². The number of aromatic nitrogens is 2. The molecule has 122 valence electrons. The molecule has 22 heavy (non-hydrogen) atoms. The minimum Gasteiger partial charge on any atom is -0.461 e. The highest BCUT2D eigenvalue weighted by atomic mass is 16.6. The lowest BCUT2D eigenvalue weighted by Gasteiger charge is -2.34. The minimum absolute atomic E-state index is 0.0758. The third-order valence-corrected chi connectivity index (χ3v) is 3.41. The summed E-state index contributed by atoms with van der Waals surface area (Å²) >= 11 is 0. The smallest absolute Gasteiger partial charge is 0.410 e. The van der Waals surface area contributed by atoms with Gasteiger partial charge < -0.3 is 9.47 Å². The first-order valence-electron chi connectivity index (χ1n) is 7.45. The molecule has 1 aromatic heterocycles. The summed E-state index contributed by atoms with van der Waals surface area (Å²) in [5.41, 5.74) is 1.35. The van der Waals surface area contributed by atoms with Crippen LogP contribution in [0.2, 0.25) is 0 Å². The van der Waals surface area contributed by atoms with E-state index >= 15 is 0 Å². The van der Waals surface area contributed by atoms with Crippen molar-refractivity contribution in [2.75, 3.05) is 6.61 Å². The second-order valence-electron chi connectivity index (χ2n) is 6.41. The Labute approximate surface area is 130 Å². The van der Waals surface area contributed by atoms with Gasteiger partial charge in [0.05, 0.1) is 18.8 Å². The van der Waals surface area contributed by atoms with Crippen LogP contribution in [0.1, 0.15) is 56.4 Å².